The molecule has 1 N–H and O–H groups in total. The Balaban J connectivity index is 2.57. The number of aromatic nitrogens is 1. The van der Waals surface area contributed by atoms with Crippen molar-refractivity contribution in [2.45, 2.75) is 34.2 Å². The zero-order valence-electron chi connectivity index (χ0n) is 10.9. The largest absolute Gasteiger partial charge is 0.352 e. The van der Waals surface area contributed by atoms with Crippen molar-refractivity contribution in [2.24, 2.45) is 12.5 Å². The van der Waals surface area contributed by atoms with Crippen LogP contribution < -0.4 is 5.32 Å². The molecule has 0 radical (unpaired) electrons. The summed E-state index contributed by atoms with van der Waals surface area (Å²) in [6, 6.07) is 4.49. The lowest BCUT2D eigenvalue weighted by molar-refractivity contribution is 0.444. The van der Waals surface area contributed by atoms with Gasteiger partial charge < -0.3 is 9.88 Å². The Morgan fingerprint density at radius 1 is 1.44 bits per heavy atom. The van der Waals surface area contributed by atoms with Gasteiger partial charge in [-0.25, -0.2) is 0 Å². The van der Waals surface area contributed by atoms with Crippen LogP contribution in [0.4, 0.5) is 0 Å². The molecule has 0 aliphatic heterocycles. The van der Waals surface area contributed by atoms with Gasteiger partial charge in [0.05, 0.1) is 11.5 Å². The van der Waals surface area contributed by atoms with E-state index in [0.717, 1.165) is 13.1 Å². The molecule has 0 amide bonds. The third-order valence-corrected chi connectivity index (χ3v) is 3.07. The van der Waals surface area contributed by atoms with E-state index in [1.807, 2.05) is 13.8 Å². The van der Waals surface area contributed by atoms with Gasteiger partial charge in [-0.1, -0.05) is 0 Å². The summed E-state index contributed by atoms with van der Waals surface area (Å²) in [7, 11) is 2.08. The summed E-state index contributed by atoms with van der Waals surface area (Å²) in [6.45, 7) is 9.68. The zero-order chi connectivity index (χ0) is 12.3. The molecular formula is C13H21N3. The number of rotatable bonds is 4. The number of aryl methyl sites for hydroxylation is 1. The molecule has 0 aromatic carbocycles. The average Bonchev–Trinajstić information content (AvgIpc) is 2.46. The van der Waals surface area contributed by atoms with Crippen LogP contribution in [0.25, 0.3) is 0 Å². The van der Waals surface area contributed by atoms with Crippen LogP contribution in [0.15, 0.2) is 6.07 Å². The third-order valence-electron chi connectivity index (χ3n) is 3.07. The summed E-state index contributed by atoms with van der Waals surface area (Å²) in [5.74, 6) is 0. The second-order valence-corrected chi connectivity index (χ2v) is 5.05. The Labute approximate surface area is 98.1 Å². The molecule has 1 heterocycles. The summed E-state index contributed by atoms with van der Waals surface area (Å²) in [4.78, 5) is 0. The number of nitriles is 1. The summed E-state index contributed by atoms with van der Waals surface area (Å²) in [6.07, 6.45) is 0. The highest BCUT2D eigenvalue weighted by molar-refractivity contribution is 5.26. The van der Waals surface area contributed by atoms with Crippen molar-refractivity contribution >= 4 is 0 Å². The topological polar surface area (TPSA) is 40.8 Å². The van der Waals surface area contributed by atoms with Crippen molar-refractivity contribution in [3.63, 3.8) is 0 Å². The maximum Gasteiger partial charge on any atom is 0.0697 e. The van der Waals surface area contributed by atoms with Crippen molar-refractivity contribution < 1.29 is 0 Å². The fraction of sp³-hybridized carbons (Fsp3) is 0.615. The van der Waals surface area contributed by atoms with Crippen LogP contribution in [-0.2, 0) is 13.6 Å². The first-order valence-corrected chi connectivity index (χ1v) is 5.61. The predicted octanol–water partition coefficient (Wildman–Crippen LogP) is 2.28. The van der Waals surface area contributed by atoms with Gasteiger partial charge in [-0.15, -0.1) is 0 Å². The minimum Gasteiger partial charge on any atom is -0.352 e. The molecule has 0 aliphatic carbocycles. The van der Waals surface area contributed by atoms with E-state index in [9.17, 15) is 0 Å². The summed E-state index contributed by atoms with van der Waals surface area (Å²) in [5.41, 5.74) is 3.58. The Morgan fingerprint density at radius 2 is 2.06 bits per heavy atom. The Morgan fingerprint density at radius 3 is 2.50 bits per heavy atom. The molecule has 0 aliphatic rings. The van der Waals surface area contributed by atoms with Crippen LogP contribution in [0.5, 0.6) is 0 Å². The minimum atomic E-state index is -0.294. The van der Waals surface area contributed by atoms with E-state index in [0.29, 0.717) is 0 Å². The number of nitrogens with one attached hydrogen (secondary N) is 1. The normalized spacial score (nSPS) is 11.5. The van der Waals surface area contributed by atoms with Gasteiger partial charge in [-0.2, -0.15) is 5.26 Å². The molecular weight excluding hydrogens is 198 g/mol. The van der Waals surface area contributed by atoms with Crippen molar-refractivity contribution in [1.29, 1.82) is 5.26 Å². The van der Waals surface area contributed by atoms with E-state index in [1.165, 1.54) is 17.0 Å². The van der Waals surface area contributed by atoms with E-state index in [2.05, 4.69) is 42.9 Å². The SMILES string of the molecule is Cc1cc(CNCC(C)(C)C#N)c(C)n1C. The fourth-order valence-electron chi connectivity index (χ4n) is 1.66. The number of nitrogens with zero attached hydrogens (tertiary/aromatic N) is 2. The average molecular weight is 219 g/mol. The second kappa shape index (κ2) is 4.71. The Kier molecular flexibility index (Phi) is 3.77. The molecule has 0 spiro atoms. The van der Waals surface area contributed by atoms with E-state index < -0.39 is 0 Å². The highest BCUT2D eigenvalue weighted by Gasteiger charge is 2.16. The third kappa shape index (κ3) is 2.86. The number of hydrogen-bond donors (Lipinski definition) is 1. The molecule has 16 heavy (non-hydrogen) atoms. The van der Waals surface area contributed by atoms with Gasteiger partial charge >= 0.3 is 0 Å². The van der Waals surface area contributed by atoms with Gasteiger partial charge in [-0.05, 0) is 39.3 Å². The Bertz CT molecular complexity index is 408. The monoisotopic (exact) mass is 219 g/mol. The lowest BCUT2D eigenvalue weighted by Gasteiger charge is -2.15. The Hall–Kier alpha value is -1.27. The van der Waals surface area contributed by atoms with Crippen LogP contribution in [0.3, 0.4) is 0 Å². The standard InChI is InChI=1S/C13H21N3/c1-10-6-12(11(2)16(10)5)7-15-9-13(3,4)8-14/h6,15H,7,9H2,1-5H3. The molecule has 3 nitrogen and oxygen atoms in total. The first-order valence-electron chi connectivity index (χ1n) is 5.61. The molecule has 1 rings (SSSR count). The van der Waals surface area contributed by atoms with E-state index in [4.69, 9.17) is 5.26 Å². The van der Waals surface area contributed by atoms with Gasteiger partial charge in [0.1, 0.15) is 0 Å². The highest BCUT2D eigenvalue weighted by atomic mass is 15.0. The summed E-state index contributed by atoms with van der Waals surface area (Å²) >= 11 is 0. The molecule has 1 aromatic rings. The van der Waals surface area contributed by atoms with Crippen LogP contribution in [0.2, 0.25) is 0 Å². The molecule has 0 fully saturated rings. The van der Waals surface area contributed by atoms with Crippen molar-refractivity contribution in [2.75, 3.05) is 6.54 Å². The summed E-state index contributed by atoms with van der Waals surface area (Å²) in [5, 5.41) is 12.2. The maximum atomic E-state index is 8.90. The molecule has 88 valence electrons. The van der Waals surface area contributed by atoms with Gasteiger partial charge in [-0.3, -0.25) is 0 Å². The zero-order valence-corrected chi connectivity index (χ0v) is 10.9. The molecule has 0 unspecified atom stereocenters. The van der Waals surface area contributed by atoms with E-state index >= 15 is 0 Å². The van der Waals surface area contributed by atoms with Crippen LogP contribution >= 0.6 is 0 Å². The molecule has 0 saturated heterocycles. The van der Waals surface area contributed by atoms with Crippen molar-refractivity contribution in [3.05, 3.63) is 23.0 Å². The van der Waals surface area contributed by atoms with Crippen LogP contribution in [-0.4, -0.2) is 11.1 Å². The lowest BCUT2D eigenvalue weighted by atomic mass is 9.96. The smallest absolute Gasteiger partial charge is 0.0697 e. The van der Waals surface area contributed by atoms with Gasteiger partial charge in [0.25, 0.3) is 0 Å². The predicted molar refractivity (Wildman–Crippen MR) is 66.0 cm³/mol. The molecule has 1 aromatic heterocycles. The fourth-order valence-corrected chi connectivity index (χ4v) is 1.66. The van der Waals surface area contributed by atoms with Gasteiger partial charge in [0.15, 0.2) is 0 Å². The van der Waals surface area contributed by atoms with Crippen molar-refractivity contribution in [1.82, 2.24) is 9.88 Å². The maximum absolute atomic E-state index is 8.90. The molecule has 0 bridgehead atoms. The molecule has 0 saturated carbocycles. The van der Waals surface area contributed by atoms with Crippen LogP contribution in [0.1, 0.15) is 30.8 Å². The van der Waals surface area contributed by atoms with Crippen molar-refractivity contribution in [3.8, 4) is 6.07 Å². The minimum absolute atomic E-state index is 0.294. The quantitative estimate of drug-likeness (QED) is 0.844. The van der Waals surface area contributed by atoms with E-state index in [1.54, 1.807) is 0 Å². The lowest BCUT2D eigenvalue weighted by Crippen LogP contribution is -2.27. The molecule has 3 heteroatoms. The first kappa shape index (κ1) is 12.8. The highest BCUT2D eigenvalue weighted by Crippen LogP contribution is 2.14. The van der Waals surface area contributed by atoms with Gasteiger partial charge in [0, 0.05) is 31.5 Å². The van der Waals surface area contributed by atoms with Gasteiger partial charge in [0.2, 0.25) is 0 Å². The molecule has 0 atom stereocenters. The second-order valence-electron chi connectivity index (χ2n) is 5.05. The first-order chi connectivity index (χ1) is 7.37. The number of hydrogen-bond acceptors (Lipinski definition) is 2. The van der Waals surface area contributed by atoms with Crippen LogP contribution in [0, 0.1) is 30.6 Å². The summed E-state index contributed by atoms with van der Waals surface area (Å²) < 4.78 is 2.19. The van der Waals surface area contributed by atoms with E-state index in [-0.39, 0.29) is 5.41 Å².